The van der Waals surface area contributed by atoms with Gasteiger partial charge in [-0.2, -0.15) is 28.1 Å². The van der Waals surface area contributed by atoms with Crippen molar-refractivity contribution < 1.29 is 41.8 Å². The average Bonchev–Trinajstić information content (AvgIpc) is 3.89. The Bertz CT molecular complexity index is 1690. The summed E-state index contributed by atoms with van der Waals surface area (Å²) in [7, 11) is 1.16. The molecular weight excluding hydrogens is 695 g/mol. The van der Waals surface area contributed by atoms with E-state index in [0.717, 1.165) is 38.4 Å². The molecule has 0 radical (unpaired) electrons. The number of benzene rings is 2. The molecule has 1 fully saturated rings. The SMILES string of the molecule is CCC(CC)CC(=O)C(=O)NCCC(NC(=O)c1ccc(Nc2nc(NC3(c4ccc(Cl)cc4)CC3)nc(OCC(F)(F)F)n2)cc1)C(=O)OC. The Kier molecular flexibility index (Phi) is 13.2. The fraction of sp³-hybridized carbons (Fsp3) is 0.441. The van der Waals surface area contributed by atoms with Crippen molar-refractivity contribution in [2.45, 2.75) is 70.1 Å². The van der Waals surface area contributed by atoms with Crippen molar-refractivity contribution >= 4 is 52.8 Å². The van der Waals surface area contributed by atoms with Crippen LogP contribution in [-0.2, 0) is 24.7 Å². The van der Waals surface area contributed by atoms with Crippen molar-refractivity contribution in [3.63, 3.8) is 0 Å². The number of anilines is 3. The molecule has 274 valence electrons. The predicted octanol–water partition coefficient (Wildman–Crippen LogP) is 5.48. The lowest BCUT2D eigenvalue weighted by Crippen LogP contribution is -2.44. The molecule has 0 saturated heterocycles. The zero-order valence-corrected chi connectivity index (χ0v) is 29.0. The van der Waals surface area contributed by atoms with Crippen LogP contribution in [0.5, 0.6) is 6.01 Å². The Morgan fingerprint density at radius 2 is 1.59 bits per heavy atom. The molecule has 2 aromatic carbocycles. The Balaban J connectivity index is 1.41. The smallest absolute Gasteiger partial charge is 0.422 e. The van der Waals surface area contributed by atoms with Gasteiger partial charge in [0.2, 0.25) is 17.7 Å². The van der Waals surface area contributed by atoms with E-state index in [2.05, 4.69) is 36.2 Å². The van der Waals surface area contributed by atoms with Crippen molar-refractivity contribution in [3.8, 4) is 6.01 Å². The first-order valence-electron chi connectivity index (χ1n) is 16.3. The number of aromatic nitrogens is 3. The van der Waals surface area contributed by atoms with Gasteiger partial charge in [0.1, 0.15) is 6.04 Å². The van der Waals surface area contributed by atoms with Crippen LogP contribution in [0.25, 0.3) is 0 Å². The molecule has 1 unspecified atom stereocenters. The Labute approximate surface area is 297 Å². The summed E-state index contributed by atoms with van der Waals surface area (Å²) < 4.78 is 48.4. The van der Waals surface area contributed by atoms with Crippen LogP contribution in [0, 0.1) is 5.92 Å². The van der Waals surface area contributed by atoms with E-state index in [1.165, 1.54) is 24.3 Å². The summed E-state index contributed by atoms with van der Waals surface area (Å²) >= 11 is 6.02. The zero-order valence-electron chi connectivity index (χ0n) is 28.2. The molecule has 0 bridgehead atoms. The molecule has 3 aromatic rings. The minimum atomic E-state index is -4.63. The van der Waals surface area contributed by atoms with E-state index in [0.29, 0.717) is 10.7 Å². The summed E-state index contributed by atoms with van der Waals surface area (Å²) in [5, 5.41) is 11.7. The minimum absolute atomic E-state index is 0.0198. The number of Topliss-reactive ketones (excluding diaryl/α,β-unsaturated/α-hetero) is 1. The highest BCUT2D eigenvalue weighted by atomic mass is 35.5. The van der Waals surface area contributed by atoms with E-state index in [9.17, 15) is 32.3 Å². The minimum Gasteiger partial charge on any atom is -0.467 e. The predicted molar refractivity (Wildman–Crippen MR) is 182 cm³/mol. The number of methoxy groups -OCH3 is 1. The number of alkyl halides is 3. The van der Waals surface area contributed by atoms with Gasteiger partial charge in [-0.25, -0.2) is 4.79 Å². The maximum absolute atomic E-state index is 13.0. The number of ether oxygens (including phenoxy) is 2. The lowest BCUT2D eigenvalue weighted by molar-refractivity contribution is -0.154. The highest BCUT2D eigenvalue weighted by molar-refractivity contribution is 6.36. The molecule has 0 spiro atoms. The molecule has 1 aromatic heterocycles. The number of ketones is 1. The van der Waals surface area contributed by atoms with Gasteiger partial charge in [0.15, 0.2) is 6.61 Å². The van der Waals surface area contributed by atoms with E-state index in [1.54, 1.807) is 12.1 Å². The van der Waals surface area contributed by atoms with Crippen LogP contribution >= 0.6 is 11.6 Å². The summed E-state index contributed by atoms with van der Waals surface area (Å²) in [5.74, 6) is -2.71. The largest absolute Gasteiger partial charge is 0.467 e. The Morgan fingerprint density at radius 1 is 0.941 bits per heavy atom. The number of halogens is 4. The topological polar surface area (TPSA) is 174 Å². The first kappa shape index (κ1) is 38.8. The summed E-state index contributed by atoms with van der Waals surface area (Å²) in [6.07, 6.45) is -1.55. The molecule has 1 heterocycles. The number of rotatable bonds is 18. The van der Waals surface area contributed by atoms with Gasteiger partial charge in [0.25, 0.3) is 11.8 Å². The van der Waals surface area contributed by atoms with Crippen molar-refractivity contribution in [3.05, 3.63) is 64.7 Å². The van der Waals surface area contributed by atoms with Crippen LogP contribution < -0.4 is 26.0 Å². The van der Waals surface area contributed by atoms with Gasteiger partial charge >= 0.3 is 18.2 Å². The fourth-order valence-electron chi connectivity index (χ4n) is 5.10. The summed E-state index contributed by atoms with van der Waals surface area (Å²) in [6, 6.07) is 11.3. The molecule has 4 rings (SSSR count). The monoisotopic (exact) mass is 733 g/mol. The second-order valence-electron chi connectivity index (χ2n) is 12.0. The van der Waals surface area contributed by atoms with Gasteiger partial charge < -0.3 is 30.7 Å². The second-order valence-corrected chi connectivity index (χ2v) is 12.4. The van der Waals surface area contributed by atoms with E-state index in [-0.39, 0.29) is 42.8 Å². The van der Waals surface area contributed by atoms with Crippen molar-refractivity contribution in [2.75, 3.05) is 30.9 Å². The summed E-state index contributed by atoms with van der Waals surface area (Å²) in [5.41, 5.74) is 0.881. The highest BCUT2D eigenvalue weighted by Crippen LogP contribution is 2.48. The van der Waals surface area contributed by atoms with Crippen LogP contribution in [0.15, 0.2) is 48.5 Å². The summed E-state index contributed by atoms with van der Waals surface area (Å²) in [4.78, 5) is 62.2. The molecule has 1 aliphatic rings. The highest BCUT2D eigenvalue weighted by Gasteiger charge is 2.45. The molecule has 51 heavy (non-hydrogen) atoms. The maximum atomic E-state index is 13.0. The Morgan fingerprint density at radius 3 is 2.18 bits per heavy atom. The van der Waals surface area contributed by atoms with Gasteiger partial charge in [-0.1, -0.05) is 50.4 Å². The number of hydrogen-bond acceptors (Lipinski definition) is 11. The molecule has 1 atom stereocenters. The molecule has 0 aliphatic heterocycles. The maximum Gasteiger partial charge on any atom is 0.422 e. The van der Waals surface area contributed by atoms with Crippen molar-refractivity contribution in [2.24, 2.45) is 5.92 Å². The van der Waals surface area contributed by atoms with E-state index < -0.39 is 53.9 Å². The van der Waals surface area contributed by atoms with Gasteiger partial charge in [-0.05, 0) is 67.1 Å². The quantitative estimate of drug-likeness (QED) is 0.0963. The van der Waals surface area contributed by atoms with Crippen LogP contribution in [0.1, 0.15) is 68.3 Å². The lowest BCUT2D eigenvalue weighted by atomic mass is 9.97. The number of carbonyl (C=O) groups is 4. The molecule has 13 nitrogen and oxygen atoms in total. The van der Waals surface area contributed by atoms with Gasteiger partial charge in [-0.3, -0.25) is 14.4 Å². The number of amides is 2. The normalized spacial score (nSPS) is 13.9. The molecule has 2 amide bonds. The summed E-state index contributed by atoms with van der Waals surface area (Å²) in [6.45, 7) is 2.21. The third-order valence-corrected chi connectivity index (χ3v) is 8.52. The van der Waals surface area contributed by atoms with E-state index in [1.807, 2.05) is 26.0 Å². The van der Waals surface area contributed by atoms with Gasteiger partial charge in [-0.15, -0.1) is 0 Å². The third kappa shape index (κ3) is 11.5. The number of carbonyl (C=O) groups excluding carboxylic acids is 4. The van der Waals surface area contributed by atoms with Crippen LogP contribution in [-0.4, -0.2) is 71.0 Å². The third-order valence-electron chi connectivity index (χ3n) is 8.27. The Hall–Kier alpha value is -4.99. The molecular formula is C34H39ClF3N7O6. The molecule has 4 N–H and O–H groups in total. The fourth-order valence-corrected chi connectivity index (χ4v) is 5.23. The van der Waals surface area contributed by atoms with Gasteiger partial charge in [0, 0.05) is 29.2 Å². The van der Waals surface area contributed by atoms with Crippen LogP contribution in [0.3, 0.4) is 0 Å². The van der Waals surface area contributed by atoms with E-state index in [4.69, 9.17) is 21.1 Å². The van der Waals surface area contributed by atoms with Crippen LogP contribution in [0.2, 0.25) is 5.02 Å². The van der Waals surface area contributed by atoms with Crippen molar-refractivity contribution in [1.82, 2.24) is 25.6 Å². The zero-order chi connectivity index (χ0) is 37.2. The standard InChI is InChI=1S/C34H39ClF3N7O6/c1-4-20(5-2)18-26(46)28(48)39-17-14-25(29(49)50-3)41-27(47)21-6-12-24(13-7-21)40-30-42-31(44-32(43-30)51-19-34(36,37)38)45-33(15-16-33)22-8-10-23(35)11-9-22/h6-13,20,25H,4-5,14-19H2,1-3H3,(H,39,48)(H,41,47)(H2,40,42,43,44,45). The van der Waals surface area contributed by atoms with Crippen molar-refractivity contribution in [1.29, 1.82) is 0 Å². The van der Waals surface area contributed by atoms with Crippen LogP contribution in [0.4, 0.5) is 30.8 Å². The number of esters is 1. The molecule has 17 heteroatoms. The van der Waals surface area contributed by atoms with Gasteiger partial charge in [0.05, 0.1) is 12.6 Å². The first-order chi connectivity index (χ1) is 24.2. The molecule has 1 saturated carbocycles. The molecule has 1 aliphatic carbocycles. The van der Waals surface area contributed by atoms with E-state index >= 15 is 0 Å². The second kappa shape index (κ2) is 17.3. The number of nitrogens with zero attached hydrogens (tertiary/aromatic N) is 3. The average molecular weight is 734 g/mol. The lowest BCUT2D eigenvalue weighted by Gasteiger charge is -2.19. The first-order valence-corrected chi connectivity index (χ1v) is 16.7. The number of hydrogen-bond donors (Lipinski definition) is 4. The number of nitrogens with one attached hydrogen (secondary N) is 4.